The van der Waals surface area contributed by atoms with E-state index in [-0.39, 0.29) is 17.9 Å². The van der Waals surface area contributed by atoms with Crippen LogP contribution in [-0.4, -0.2) is 23.5 Å². The zero-order chi connectivity index (χ0) is 15.4. The van der Waals surface area contributed by atoms with Crippen molar-refractivity contribution in [3.8, 4) is 10.6 Å². The summed E-state index contributed by atoms with van der Waals surface area (Å²) in [6.07, 6.45) is 0.838. The first-order valence-electron chi connectivity index (χ1n) is 7.02. The van der Waals surface area contributed by atoms with Crippen molar-refractivity contribution in [2.75, 3.05) is 6.54 Å². The van der Waals surface area contributed by atoms with E-state index >= 15 is 0 Å². The molecule has 1 amide bonds. The highest BCUT2D eigenvalue weighted by Crippen LogP contribution is 2.29. The van der Waals surface area contributed by atoms with Gasteiger partial charge in [0.1, 0.15) is 0 Å². The van der Waals surface area contributed by atoms with Crippen LogP contribution in [0.15, 0.2) is 17.5 Å². The number of hydrogen-bond donors (Lipinski definition) is 2. The molecule has 0 fully saturated rings. The van der Waals surface area contributed by atoms with Gasteiger partial charge in [0.05, 0.1) is 15.6 Å². The fourth-order valence-corrected chi connectivity index (χ4v) is 3.49. The lowest BCUT2D eigenvalue weighted by molar-refractivity contribution is -0.124. The highest BCUT2D eigenvalue weighted by Gasteiger charge is 2.16. The number of hydrogen-bond acceptors (Lipinski definition) is 5. The lowest BCUT2D eigenvalue weighted by atomic mass is 10.0. The fourth-order valence-electron chi connectivity index (χ4n) is 1.84. The molecule has 0 bridgehead atoms. The van der Waals surface area contributed by atoms with Gasteiger partial charge in [0.25, 0.3) is 0 Å². The molecule has 2 unspecified atom stereocenters. The van der Waals surface area contributed by atoms with Crippen molar-refractivity contribution >= 4 is 28.6 Å². The maximum absolute atomic E-state index is 11.8. The summed E-state index contributed by atoms with van der Waals surface area (Å²) in [5.74, 6) is -0.126. The van der Waals surface area contributed by atoms with E-state index in [4.69, 9.17) is 5.73 Å². The van der Waals surface area contributed by atoms with Gasteiger partial charge >= 0.3 is 0 Å². The van der Waals surface area contributed by atoms with Crippen molar-refractivity contribution in [1.29, 1.82) is 0 Å². The number of nitrogens with zero attached hydrogens (tertiary/aromatic N) is 1. The molecule has 0 radical (unpaired) electrons. The van der Waals surface area contributed by atoms with Gasteiger partial charge in [-0.2, -0.15) is 0 Å². The molecular weight excluding hydrogens is 302 g/mol. The molecule has 2 rings (SSSR count). The first-order chi connectivity index (χ1) is 9.97. The Morgan fingerprint density at radius 3 is 2.81 bits per heavy atom. The van der Waals surface area contributed by atoms with Gasteiger partial charge in [-0.1, -0.05) is 6.92 Å². The highest BCUT2D eigenvalue weighted by atomic mass is 32.1. The number of rotatable bonds is 6. The summed E-state index contributed by atoms with van der Waals surface area (Å²) in [5, 5.41) is 6.10. The predicted octanol–water partition coefficient (Wildman–Crippen LogP) is 2.82. The topological polar surface area (TPSA) is 68.0 Å². The molecule has 0 saturated carbocycles. The van der Waals surface area contributed by atoms with Crippen LogP contribution >= 0.6 is 22.7 Å². The van der Waals surface area contributed by atoms with Crippen LogP contribution in [0, 0.1) is 12.8 Å². The molecule has 0 spiro atoms. The van der Waals surface area contributed by atoms with Gasteiger partial charge in [-0.25, -0.2) is 4.98 Å². The number of nitrogens with two attached hydrogens (primary N) is 1. The molecule has 0 aliphatic heterocycles. The van der Waals surface area contributed by atoms with Gasteiger partial charge in [0, 0.05) is 28.8 Å². The molecule has 2 aromatic heterocycles. The Kier molecular flexibility index (Phi) is 5.50. The second kappa shape index (κ2) is 7.15. The van der Waals surface area contributed by atoms with Crippen LogP contribution in [-0.2, 0) is 11.2 Å². The minimum atomic E-state index is -0.151. The number of carbonyl (C=O) groups is 1. The van der Waals surface area contributed by atoms with Gasteiger partial charge < -0.3 is 11.1 Å². The van der Waals surface area contributed by atoms with Gasteiger partial charge in [0.15, 0.2) is 0 Å². The zero-order valence-electron chi connectivity index (χ0n) is 12.6. The van der Waals surface area contributed by atoms with Crippen molar-refractivity contribution in [2.45, 2.75) is 33.2 Å². The van der Waals surface area contributed by atoms with E-state index < -0.39 is 0 Å². The lowest BCUT2D eigenvalue weighted by Crippen LogP contribution is -2.39. The Balaban J connectivity index is 1.85. The van der Waals surface area contributed by atoms with Gasteiger partial charge in [-0.05, 0) is 32.4 Å². The summed E-state index contributed by atoms with van der Waals surface area (Å²) in [4.78, 5) is 18.7. The number of thiophene rings is 1. The second-order valence-corrected chi connectivity index (χ2v) is 7.44. The number of amides is 1. The van der Waals surface area contributed by atoms with Crippen LogP contribution in [0.2, 0.25) is 0 Å². The van der Waals surface area contributed by atoms with Crippen LogP contribution in [0.3, 0.4) is 0 Å². The lowest BCUT2D eigenvalue weighted by Gasteiger charge is -2.14. The standard InChI is InChI=1S/C15H21N3OS2/c1-9(10(2)16)15(19)17-7-6-12-4-5-14(21-12)13-8-20-11(3)18-13/h4-5,8-10H,6-7,16H2,1-3H3,(H,17,19). The Morgan fingerprint density at radius 1 is 1.43 bits per heavy atom. The third-order valence-electron chi connectivity index (χ3n) is 3.41. The third-order valence-corrected chi connectivity index (χ3v) is 5.35. The molecule has 2 atom stereocenters. The summed E-state index contributed by atoms with van der Waals surface area (Å²) >= 11 is 3.40. The van der Waals surface area contributed by atoms with Crippen LogP contribution in [0.4, 0.5) is 0 Å². The van der Waals surface area contributed by atoms with Gasteiger partial charge in [0.2, 0.25) is 5.91 Å². The van der Waals surface area contributed by atoms with Crippen LogP contribution < -0.4 is 11.1 Å². The Hall–Kier alpha value is -1.24. The smallest absolute Gasteiger partial charge is 0.224 e. The summed E-state index contributed by atoms with van der Waals surface area (Å²) in [6.45, 7) is 6.36. The number of aryl methyl sites for hydroxylation is 1. The summed E-state index contributed by atoms with van der Waals surface area (Å²) < 4.78 is 0. The quantitative estimate of drug-likeness (QED) is 0.859. The number of aromatic nitrogens is 1. The van der Waals surface area contributed by atoms with E-state index in [1.165, 1.54) is 9.75 Å². The largest absolute Gasteiger partial charge is 0.355 e. The van der Waals surface area contributed by atoms with E-state index in [2.05, 4.69) is 27.8 Å². The first-order valence-corrected chi connectivity index (χ1v) is 8.71. The fraction of sp³-hybridized carbons (Fsp3) is 0.467. The number of carbonyl (C=O) groups excluding carboxylic acids is 1. The molecule has 114 valence electrons. The van der Waals surface area contributed by atoms with Crippen molar-refractivity contribution in [3.05, 3.63) is 27.4 Å². The van der Waals surface area contributed by atoms with Crippen molar-refractivity contribution in [2.24, 2.45) is 11.7 Å². The molecule has 6 heteroatoms. The number of thiazole rings is 1. The Morgan fingerprint density at radius 2 is 2.19 bits per heavy atom. The predicted molar refractivity (Wildman–Crippen MR) is 89.7 cm³/mol. The summed E-state index contributed by atoms with van der Waals surface area (Å²) in [5.41, 5.74) is 6.77. The van der Waals surface area contributed by atoms with Crippen LogP contribution in [0.5, 0.6) is 0 Å². The molecule has 2 aromatic rings. The van der Waals surface area contributed by atoms with Crippen molar-refractivity contribution in [3.63, 3.8) is 0 Å². The third kappa shape index (κ3) is 4.36. The molecule has 0 aliphatic carbocycles. The second-order valence-electron chi connectivity index (χ2n) is 5.21. The minimum Gasteiger partial charge on any atom is -0.355 e. The summed E-state index contributed by atoms with van der Waals surface area (Å²) in [7, 11) is 0. The normalized spacial score (nSPS) is 13.9. The van der Waals surface area contributed by atoms with Crippen molar-refractivity contribution < 1.29 is 4.79 Å². The van der Waals surface area contributed by atoms with Gasteiger partial charge in [-0.15, -0.1) is 22.7 Å². The average molecular weight is 323 g/mol. The first kappa shape index (κ1) is 16.1. The maximum atomic E-state index is 11.8. The molecule has 0 saturated heterocycles. The monoisotopic (exact) mass is 323 g/mol. The van der Waals surface area contributed by atoms with E-state index in [1.54, 1.807) is 22.7 Å². The molecule has 0 aliphatic rings. The van der Waals surface area contributed by atoms with Gasteiger partial charge in [-0.3, -0.25) is 4.79 Å². The van der Waals surface area contributed by atoms with Crippen LogP contribution in [0.1, 0.15) is 23.7 Å². The highest BCUT2D eigenvalue weighted by molar-refractivity contribution is 7.16. The zero-order valence-corrected chi connectivity index (χ0v) is 14.2. The van der Waals surface area contributed by atoms with Crippen molar-refractivity contribution in [1.82, 2.24) is 10.3 Å². The molecule has 2 heterocycles. The average Bonchev–Trinajstić information content (AvgIpc) is 3.06. The van der Waals surface area contributed by atoms with E-state index in [1.807, 2.05) is 20.8 Å². The summed E-state index contributed by atoms with van der Waals surface area (Å²) in [6, 6.07) is 4.09. The molecule has 21 heavy (non-hydrogen) atoms. The van der Waals surface area contributed by atoms with E-state index in [0.29, 0.717) is 6.54 Å². The SMILES string of the molecule is Cc1nc(-c2ccc(CCNC(=O)C(C)C(C)N)s2)cs1. The molecule has 4 nitrogen and oxygen atoms in total. The minimum absolute atomic E-state index is 0.0249. The molecule has 3 N–H and O–H groups in total. The van der Waals surface area contributed by atoms with E-state index in [0.717, 1.165) is 17.1 Å². The maximum Gasteiger partial charge on any atom is 0.224 e. The Bertz CT molecular complexity index is 604. The molecule has 0 aromatic carbocycles. The number of nitrogens with one attached hydrogen (secondary N) is 1. The van der Waals surface area contributed by atoms with E-state index in [9.17, 15) is 4.79 Å². The Labute approximate surface area is 133 Å². The van der Waals surface area contributed by atoms with Crippen LogP contribution in [0.25, 0.3) is 10.6 Å². The molecular formula is C15H21N3OS2.